The van der Waals surface area contributed by atoms with Gasteiger partial charge in [0.2, 0.25) is 0 Å². The van der Waals surface area contributed by atoms with Gasteiger partial charge in [0.15, 0.2) is 17.5 Å². The first-order valence-electron chi connectivity index (χ1n) is 19.5. The molecule has 3 heterocycles. The zero-order valence-corrected chi connectivity index (χ0v) is 32.0. The third-order valence-electron chi connectivity index (χ3n) is 11.8. The van der Waals surface area contributed by atoms with Crippen molar-refractivity contribution in [3.05, 3.63) is 217 Å². The van der Waals surface area contributed by atoms with Gasteiger partial charge in [-0.1, -0.05) is 169 Å². The molecule has 1 aliphatic heterocycles. The largest absolute Gasteiger partial charge is 0.256 e. The summed E-state index contributed by atoms with van der Waals surface area (Å²) in [7, 11) is 0. The van der Waals surface area contributed by atoms with E-state index in [0.29, 0.717) is 17.5 Å². The van der Waals surface area contributed by atoms with Crippen molar-refractivity contribution in [2.45, 2.75) is 15.2 Å². The molecule has 0 bridgehead atoms. The molecule has 1 aliphatic carbocycles. The van der Waals surface area contributed by atoms with E-state index in [1.807, 2.05) is 42.2 Å². The molecule has 0 atom stereocenters. The first kappa shape index (κ1) is 33.0. The summed E-state index contributed by atoms with van der Waals surface area (Å²) in [6, 6.07) is 67.3. The summed E-state index contributed by atoms with van der Waals surface area (Å²) in [5.74, 6) is 1.93. The predicted molar refractivity (Wildman–Crippen MR) is 236 cm³/mol. The van der Waals surface area contributed by atoms with Crippen LogP contribution < -0.4 is 0 Å². The lowest BCUT2D eigenvalue weighted by Gasteiger charge is -2.40. The highest BCUT2D eigenvalue weighted by molar-refractivity contribution is 7.99. The lowest BCUT2D eigenvalue weighted by Crippen LogP contribution is -2.32. The first-order chi connectivity index (χ1) is 28.7. The van der Waals surface area contributed by atoms with Crippen LogP contribution in [0.1, 0.15) is 22.3 Å². The SMILES string of the molecule is c1ccc(-c2nc(-c3ccc4c(c3)C3(c5cc(-c6cccc7cccnc67)ccc5S4)c4ccccc4-c4ccccc43)nc(-c3cccc4ccccc34)n2)cc1. The molecule has 58 heavy (non-hydrogen) atoms. The number of hydrogen-bond acceptors (Lipinski definition) is 5. The van der Waals surface area contributed by atoms with Gasteiger partial charge < -0.3 is 0 Å². The van der Waals surface area contributed by atoms with E-state index in [1.54, 1.807) is 0 Å². The van der Waals surface area contributed by atoms with Crippen LogP contribution in [-0.4, -0.2) is 19.9 Å². The molecule has 4 nitrogen and oxygen atoms in total. The maximum atomic E-state index is 5.29. The van der Waals surface area contributed by atoms with Gasteiger partial charge in [-0.15, -0.1) is 0 Å². The van der Waals surface area contributed by atoms with Crippen LogP contribution in [0.2, 0.25) is 0 Å². The second-order valence-corrected chi connectivity index (χ2v) is 16.0. The van der Waals surface area contributed by atoms with E-state index in [4.69, 9.17) is 19.9 Å². The van der Waals surface area contributed by atoms with Crippen LogP contribution in [0.4, 0.5) is 0 Å². The van der Waals surface area contributed by atoms with Crippen LogP contribution in [0.5, 0.6) is 0 Å². The molecule has 0 N–H and O–H groups in total. The minimum Gasteiger partial charge on any atom is -0.256 e. The molecule has 10 aromatic rings. The maximum absolute atomic E-state index is 5.29. The Labute approximate surface area is 340 Å². The summed E-state index contributed by atoms with van der Waals surface area (Å²) < 4.78 is 0. The molecule has 0 saturated carbocycles. The second kappa shape index (κ2) is 12.9. The summed E-state index contributed by atoms with van der Waals surface area (Å²) in [5.41, 5.74) is 13.1. The van der Waals surface area contributed by atoms with Gasteiger partial charge in [0.05, 0.1) is 10.9 Å². The molecule has 12 rings (SSSR count). The Morgan fingerprint density at radius 3 is 1.69 bits per heavy atom. The summed E-state index contributed by atoms with van der Waals surface area (Å²) in [4.78, 5) is 23.0. The highest BCUT2D eigenvalue weighted by atomic mass is 32.2. The molecule has 270 valence electrons. The smallest absolute Gasteiger partial charge is 0.164 e. The van der Waals surface area contributed by atoms with Crippen LogP contribution in [0.15, 0.2) is 204 Å². The first-order valence-corrected chi connectivity index (χ1v) is 20.4. The monoisotopic (exact) mass is 756 g/mol. The molecule has 0 radical (unpaired) electrons. The van der Waals surface area contributed by atoms with Crippen molar-refractivity contribution < 1.29 is 0 Å². The molecule has 0 fully saturated rings. The zero-order chi connectivity index (χ0) is 38.2. The quantitative estimate of drug-likeness (QED) is 0.179. The standard InChI is InChI=1S/C53H32N4S/c1-2-14-35(15-3-1)50-55-51(57-52(56-50)42-23-10-16-33-13-4-5-19-38(33)42)37-27-29-48-46(32-37)53(43-24-8-6-20-40(43)41-21-7-9-25-44(41)53)45-31-36(26-28-47(45)58-48)39-22-11-17-34-18-12-30-54-49(34)39/h1-32H. The Morgan fingerprint density at radius 1 is 0.362 bits per heavy atom. The molecule has 2 aromatic heterocycles. The average Bonchev–Trinajstić information content (AvgIpc) is 3.59. The van der Waals surface area contributed by atoms with Crippen LogP contribution in [-0.2, 0) is 5.41 Å². The predicted octanol–water partition coefficient (Wildman–Crippen LogP) is 13.1. The summed E-state index contributed by atoms with van der Waals surface area (Å²) in [5, 5.41) is 3.38. The van der Waals surface area contributed by atoms with Gasteiger partial charge in [-0.05, 0) is 80.0 Å². The fourth-order valence-corrected chi connectivity index (χ4v) is 10.5. The molecule has 0 amide bonds. The topological polar surface area (TPSA) is 51.6 Å². The lowest BCUT2D eigenvalue weighted by molar-refractivity contribution is 0.723. The van der Waals surface area contributed by atoms with E-state index in [2.05, 4.69) is 164 Å². The van der Waals surface area contributed by atoms with E-state index < -0.39 is 5.41 Å². The van der Waals surface area contributed by atoms with Crippen molar-refractivity contribution in [3.63, 3.8) is 0 Å². The number of benzene rings is 8. The summed E-state index contributed by atoms with van der Waals surface area (Å²) in [6.45, 7) is 0. The van der Waals surface area contributed by atoms with Gasteiger partial charge in [0.1, 0.15) is 0 Å². The van der Waals surface area contributed by atoms with Gasteiger partial charge >= 0.3 is 0 Å². The fourth-order valence-electron chi connectivity index (χ4n) is 9.31. The number of hydrogen-bond donors (Lipinski definition) is 0. The molecular weight excluding hydrogens is 725 g/mol. The van der Waals surface area contributed by atoms with Gasteiger partial charge in [-0.2, -0.15) is 0 Å². The molecular formula is C53H32N4S. The van der Waals surface area contributed by atoms with Gasteiger partial charge in [0.25, 0.3) is 0 Å². The van der Waals surface area contributed by atoms with Crippen molar-refractivity contribution in [2.75, 3.05) is 0 Å². The molecule has 0 unspecified atom stereocenters. The highest BCUT2D eigenvalue weighted by Crippen LogP contribution is 2.62. The molecule has 2 aliphatic rings. The van der Waals surface area contributed by atoms with Gasteiger partial charge in [0, 0.05) is 43.6 Å². The lowest BCUT2D eigenvalue weighted by atomic mass is 9.66. The van der Waals surface area contributed by atoms with Crippen molar-refractivity contribution in [1.82, 2.24) is 19.9 Å². The minimum absolute atomic E-state index is 0.596. The van der Waals surface area contributed by atoms with E-state index in [-0.39, 0.29) is 0 Å². The molecule has 1 spiro atoms. The van der Waals surface area contributed by atoms with Crippen molar-refractivity contribution in [2.24, 2.45) is 0 Å². The Hall–Kier alpha value is -7.21. The number of nitrogens with zero attached hydrogens (tertiary/aromatic N) is 4. The summed E-state index contributed by atoms with van der Waals surface area (Å²) in [6.07, 6.45) is 1.89. The molecule has 0 saturated heterocycles. The van der Waals surface area contributed by atoms with Crippen LogP contribution in [0.3, 0.4) is 0 Å². The Bertz CT molecular complexity index is 3230. The highest BCUT2D eigenvalue weighted by Gasteiger charge is 2.50. The number of rotatable bonds is 4. The van der Waals surface area contributed by atoms with Crippen LogP contribution in [0, 0.1) is 0 Å². The van der Waals surface area contributed by atoms with Crippen molar-refractivity contribution in [1.29, 1.82) is 0 Å². The van der Waals surface area contributed by atoms with E-state index in [0.717, 1.165) is 49.5 Å². The third kappa shape index (κ3) is 4.90. The van der Waals surface area contributed by atoms with Gasteiger partial charge in [-0.25, -0.2) is 15.0 Å². The Kier molecular flexibility index (Phi) is 7.34. The molecule has 5 heteroatoms. The average molecular weight is 757 g/mol. The van der Waals surface area contributed by atoms with Crippen molar-refractivity contribution in [3.8, 4) is 56.4 Å². The van der Waals surface area contributed by atoms with Crippen LogP contribution >= 0.6 is 11.8 Å². The minimum atomic E-state index is -0.596. The normalized spacial score (nSPS) is 13.2. The summed E-state index contributed by atoms with van der Waals surface area (Å²) >= 11 is 1.84. The third-order valence-corrected chi connectivity index (χ3v) is 13.0. The zero-order valence-electron chi connectivity index (χ0n) is 31.2. The van der Waals surface area contributed by atoms with Crippen molar-refractivity contribution >= 4 is 33.4 Å². The Balaban J connectivity index is 1.13. The number of fused-ring (bicyclic) bond motifs is 11. The number of aromatic nitrogens is 4. The number of pyridine rings is 1. The van der Waals surface area contributed by atoms with E-state index >= 15 is 0 Å². The Morgan fingerprint density at radius 2 is 0.914 bits per heavy atom. The second-order valence-electron chi connectivity index (χ2n) is 14.9. The fraction of sp³-hybridized carbons (Fsp3) is 0.0189. The van der Waals surface area contributed by atoms with Gasteiger partial charge in [-0.3, -0.25) is 4.98 Å². The van der Waals surface area contributed by atoms with Crippen LogP contribution in [0.25, 0.3) is 78.1 Å². The van der Waals surface area contributed by atoms with E-state index in [1.165, 1.54) is 43.2 Å². The maximum Gasteiger partial charge on any atom is 0.164 e. The van der Waals surface area contributed by atoms with E-state index in [9.17, 15) is 0 Å². The number of para-hydroxylation sites is 1. The molecule has 8 aromatic carbocycles.